The Labute approximate surface area is 157 Å². The van der Waals surface area contributed by atoms with Gasteiger partial charge in [-0.15, -0.1) is 0 Å². The second kappa shape index (κ2) is 6.34. The minimum absolute atomic E-state index is 0.00499. The van der Waals surface area contributed by atoms with Crippen LogP contribution in [-0.4, -0.2) is 22.4 Å². The lowest BCUT2D eigenvalue weighted by molar-refractivity contribution is -0.122. The number of para-hydroxylation sites is 1. The maximum Gasteiger partial charge on any atom is 0.230 e. The van der Waals surface area contributed by atoms with Gasteiger partial charge in [0.1, 0.15) is 5.82 Å². The predicted octanol–water partition coefficient (Wildman–Crippen LogP) is 3.83. The zero-order chi connectivity index (χ0) is 18.4. The summed E-state index contributed by atoms with van der Waals surface area (Å²) in [5.41, 5.74) is 4.54. The van der Waals surface area contributed by atoms with E-state index in [1.807, 2.05) is 36.4 Å². The van der Waals surface area contributed by atoms with Gasteiger partial charge in [-0.2, -0.15) is 0 Å². The minimum Gasteiger partial charge on any atom is -0.348 e. The summed E-state index contributed by atoms with van der Waals surface area (Å²) in [7, 11) is 0. The lowest BCUT2D eigenvalue weighted by Crippen LogP contribution is -2.38. The molecule has 2 unspecified atom stereocenters. The summed E-state index contributed by atoms with van der Waals surface area (Å²) < 4.78 is 14.7. The first-order chi connectivity index (χ1) is 13.2. The zero-order valence-electron chi connectivity index (χ0n) is 14.9. The van der Waals surface area contributed by atoms with Crippen LogP contribution in [0.25, 0.3) is 0 Å². The van der Waals surface area contributed by atoms with Gasteiger partial charge in [0, 0.05) is 30.5 Å². The standard InChI is InChI=1S/C22H20FN3O/c23-18-8-4-7-16-17(14-5-2-1-3-6-14)12-26(21(16)18)22(27)15-9-10-19-20(11-15)25-13-24-19/h1-8,13,15,17H,9-12H2,(H,24,25). The average Bonchev–Trinajstić information content (AvgIpc) is 3.33. The lowest BCUT2D eigenvalue weighted by atomic mass is 9.88. The molecule has 0 saturated carbocycles. The molecule has 2 aromatic carbocycles. The van der Waals surface area contributed by atoms with Gasteiger partial charge in [0.2, 0.25) is 5.91 Å². The molecule has 2 aliphatic rings. The van der Waals surface area contributed by atoms with Gasteiger partial charge in [-0.1, -0.05) is 42.5 Å². The van der Waals surface area contributed by atoms with Crippen LogP contribution in [0.15, 0.2) is 54.9 Å². The van der Waals surface area contributed by atoms with E-state index in [1.165, 1.54) is 6.07 Å². The summed E-state index contributed by atoms with van der Waals surface area (Å²) in [6.45, 7) is 0.489. The quantitative estimate of drug-likeness (QED) is 0.754. The van der Waals surface area contributed by atoms with Gasteiger partial charge in [-0.3, -0.25) is 4.79 Å². The Morgan fingerprint density at radius 1 is 1.15 bits per heavy atom. The summed E-state index contributed by atoms with van der Waals surface area (Å²) >= 11 is 0. The monoisotopic (exact) mass is 361 g/mol. The minimum atomic E-state index is -0.324. The number of hydrogen-bond acceptors (Lipinski definition) is 2. The molecule has 1 aromatic heterocycles. The summed E-state index contributed by atoms with van der Waals surface area (Å²) in [6, 6.07) is 15.1. The van der Waals surface area contributed by atoms with E-state index in [2.05, 4.69) is 9.97 Å². The van der Waals surface area contributed by atoms with Crippen molar-refractivity contribution in [2.24, 2.45) is 5.92 Å². The van der Waals surface area contributed by atoms with Crippen molar-refractivity contribution < 1.29 is 9.18 Å². The number of carbonyl (C=O) groups excluding carboxylic acids is 1. The fourth-order valence-electron chi connectivity index (χ4n) is 4.47. The average molecular weight is 361 g/mol. The van der Waals surface area contributed by atoms with Gasteiger partial charge in [0.05, 0.1) is 17.7 Å². The molecule has 4 nitrogen and oxygen atoms in total. The van der Waals surface area contributed by atoms with E-state index in [0.717, 1.165) is 35.4 Å². The van der Waals surface area contributed by atoms with Crippen LogP contribution in [0.5, 0.6) is 0 Å². The number of hydrogen-bond donors (Lipinski definition) is 1. The topological polar surface area (TPSA) is 49.0 Å². The zero-order valence-corrected chi connectivity index (χ0v) is 14.9. The Balaban J connectivity index is 1.49. The molecule has 0 bridgehead atoms. The first kappa shape index (κ1) is 16.2. The van der Waals surface area contributed by atoms with Crippen LogP contribution < -0.4 is 4.90 Å². The molecule has 0 spiro atoms. The Hall–Kier alpha value is -2.95. The highest BCUT2D eigenvalue weighted by molar-refractivity contribution is 5.98. The fraction of sp³-hybridized carbons (Fsp3) is 0.273. The van der Waals surface area contributed by atoms with Crippen LogP contribution in [0.3, 0.4) is 0 Å². The molecule has 2 heterocycles. The number of aromatic amines is 1. The molecule has 0 radical (unpaired) electrons. The molecule has 1 aliphatic heterocycles. The van der Waals surface area contributed by atoms with Gasteiger partial charge in [-0.05, 0) is 30.0 Å². The molecule has 5 rings (SSSR count). The maximum absolute atomic E-state index is 14.7. The second-order valence-electron chi connectivity index (χ2n) is 7.36. The first-order valence-corrected chi connectivity index (χ1v) is 9.38. The molecule has 0 saturated heterocycles. The lowest BCUT2D eigenvalue weighted by Gasteiger charge is -2.26. The molecule has 1 aliphatic carbocycles. The van der Waals surface area contributed by atoms with E-state index < -0.39 is 0 Å². The number of imidazole rings is 1. The van der Waals surface area contributed by atoms with Crippen molar-refractivity contribution in [3.8, 4) is 0 Å². The highest BCUT2D eigenvalue weighted by Gasteiger charge is 2.39. The first-order valence-electron chi connectivity index (χ1n) is 9.38. The van der Waals surface area contributed by atoms with E-state index >= 15 is 0 Å². The van der Waals surface area contributed by atoms with Crippen molar-refractivity contribution in [3.63, 3.8) is 0 Å². The number of benzene rings is 2. The van der Waals surface area contributed by atoms with Crippen LogP contribution >= 0.6 is 0 Å². The number of aromatic nitrogens is 2. The largest absolute Gasteiger partial charge is 0.348 e. The third-order valence-corrected chi connectivity index (χ3v) is 5.84. The molecule has 1 amide bonds. The van der Waals surface area contributed by atoms with Gasteiger partial charge >= 0.3 is 0 Å². The van der Waals surface area contributed by atoms with Gasteiger partial charge < -0.3 is 9.88 Å². The van der Waals surface area contributed by atoms with Crippen molar-refractivity contribution in [2.45, 2.75) is 25.2 Å². The Kier molecular flexibility index (Phi) is 3.81. The third kappa shape index (κ3) is 2.65. The number of halogens is 1. The van der Waals surface area contributed by atoms with E-state index in [0.29, 0.717) is 18.7 Å². The van der Waals surface area contributed by atoms with Crippen molar-refractivity contribution in [2.75, 3.05) is 11.4 Å². The molecule has 1 N–H and O–H groups in total. The molecule has 27 heavy (non-hydrogen) atoms. The molecule has 136 valence electrons. The summed E-state index contributed by atoms with van der Waals surface area (Å²) in [6.07, 6.45) is 3.89. The Morgan fingerprint density at radius 2 is 2.00 bits per heavy atom. The molecule has 3 aromatic rings. The van der Waals surface area contributed by atoms with Crippen LogP contribution in [0.2, 0.25) is 0 Å². The van der Waals surface area contributed by atoms with Crippen molar-refractivity contribution in [3.05, 3.63) is 83.2 Å². The molecule has 0 fully saturated rings. The Bertz CT molecular complexity index is 998. The number of nitrogens with one attached hydrogen (secondary N) is 1. The number of anilines is 1. The molecular weight excluding hydrogens is 341 g/mol. The van der Waals surface area contributed by atoms with Gasteiger partial charge in [0.15, 0.2) is 0 Å². The van der Waals surface area contributed by atoms with Crippen LogP contribution in [-0.2, 0) is 17.6 Å². The number of aryl methyl sites for hydroxylation is 1. The predicted molar refractivity (Wildman–Crippen MR) is 101 cm³/mol. The van der Waals surface area contributed by atoms with Crippen molar-refractivity contribution in [1.82, 2.24) is 9.97 Å². The fourth-order valence-corrected chi connectivity index (χ4v) is 4.47. The molecular formula is C22H20FN3O. The number of amides is 1. The number of carbonyl (C=O) groups is 1. The van der Waals surface area contributed by atoms with Crippen LogP contribution in [0.4, 0.5) is 10.1 Å². The van der Waals surface area contributed by atoms with Crippen LogP contribution in [0, 0.1) is 11.7 Å². The summed E-state index contributed by atoms with van der Waals surface area (Å²) in [4.78, 5) is 22.5. The number of fused-ring (bicyclic) bond motifs is 2. The van der Waals surface area contributed by atoms with Crippen molar-refractivity contribution in [1.29, 1.82) is 0 Å². The SMILES string of the molecule is O=C(C1CCc2[nH]cnc2C1)N1CC(c2ccccc2)c2cccc(F)c21. The summed E-state index contributed by atoms with van der Waals surface area (Å²) in [5, 5.41) is 0. The van der Waals surface area contributed by atoms with Crippen molar-refractivity contribution >= 4 is 11.6 Å². The van der Waals surface area contributed by atoms with Crippen LogP contribution in [0.1, 0.15) is 34.9 Å². The van der Waals surface area contributed by atoms with E-state index in [-0.39, 0.29) is 23.6 Å². The highest BCUT2D eigenvalue weighted by Crippen LogP contribution is 2.43. The van der Waals surface area contributed by atoms with E-state index in [1.54, 1.807) is 17.3 Å². The molecule has 5 heteroatoms. The smallest absolute Gasteiger partial charge is 0.230 e. The summed E-state index contributed by atoms with van der Waals surface area (Å²) in [5.74, 6) is -0.461. The highest BCUT2D eigenvalue weighted by atomic mass is 19.1. The Morgan fingerprint density at radius 3 is 2.85 bits per heavy atom. The van der Waals surface area contributed by atoms with Gasteiger partial charge in [0.25, 0.3) is 0 Å². The van der Waals surface area contributed by atoms with E-state index in [4.69, 9.17) is 0 Å². The maximum atomic E-state index is 14.7. The third-order valence-electron chi connectivity index (χ3n) is 5.84. The number of nitrogens with zero attached hydrogens (tertiary/aromatic N) is 2. The van der Waals surface area contributed by atoms with Gasteiger partial charge in [-0.25, -0.2) is 9.37 Å². The normalized spacial score (nSPS) is 21.0. The molecule has 2 atom stereocenters. The van der Waals surface area contributed by atoms with E-state index in [9.17, 15) is 9.18 Å². The second-order valence-corrected chi connectivity index (χ2v) is 7.36. The number of H-pyrrole nitrogens is 1. The number of rotatable bonds is 2.